The number of hydrogen-bond acceptors (Lipinski definition) is 2. The largest absolute Gasteiger partial charge is 0.311 e. The minimum absolute atomic E-state index is 0.157. The molecule has 10 aromatic rings. The molecule has 0 aromatic heterocycles. The highest BCUT2D eigenvalue weighted by Gasteiger charge is 2.45. The number of aryl methyl sites for hydroxylation is 1. The molecule has 334 valence electrons. The zero-order valence-electron chi connectivity index (χ0n) is 42.9. The molecule has 1 unspecified atom stereocenters. The molecular weight excluding hydrogens is 844 g/mol. The first-order valence-electron chi connectivity index (χ1n) is 26.0. The minimum atomic E-state index is -2.39. The first-order chi connectivity index (χ1) is 35.3. The molecule has 1 aliphatic carbocycles. The summed E-state index contributed by atoms with van der Waals surface area (Å²) in [6.07, 6.45) is 0. The highest BCUT2D eigenvalue weighted by Crippen LogP contribution is 2.54. The van der Waals surface area contributed by atoms with Crippen molar-refractivity contribution in [2.45, 2.75) is 45.4 Å². The van der Waals surface area contributed by atoms with Gasteiger partial charge in [0.05, 0.1) is 0 Å². The quantitative estimate of drug-likeness (QED) is 0.153. The summed E-state index contributed by atoms with van der Waals surface area (Å²) in [7, 11) is 0. The Morgan fingerprint density at radius 3 is 1.70 bits per heavy atom. The van der Waals surface area contributed by atoms with Crippen molar-refractivity contribution in [3.05, 3.63) is 258 Å². The van der Waals surface area contributed by atoms with Gasteiger partial charge in [-0.2, -0.15) is 0 Å². The second kappa shape index (κ2) is 16.0. The van der Waals surface area contributed by atoms with Gasteiger partial charge in [0.15, 0.2) is 0 Å². The fraction of sp³-hybridized carbons (Fsp3) is 0.104. The lowest BCUT2D eigenvalue weighted by Crippen LogP contribution is -2.61. The maximum atomic E-state index is 9.07. The first-order valence-corrected chi connectivity index (χ1v) is 24.5. The molecule has 10 aromatic carbocycles. The van der Waals surface area contributed by atoms with E-state index in [4.69, 9.17) is 4.11 Å². The number of anilines is 6. The van der Waals surface area contributed by atoms with Crippen LogP contribution in [-0.4, -0.2) is 6.71 Å². The van der Waals surface area contributed by atoms with E-state index in [-0.39, 0.29) is 17.5 Å². The van der Waals surface area contributed by atoms with Gasteiger partial charge in [-0.1, -0.05) is 197 Å². The zero-order valence-corrected chi connectivity index (χ0v) is 39.9. The SMILES string of the molecule is [2H]C([2H])([2H])c1cc2c3c(c1)N(c1cccc(-c4ccc5c(c4)C(C)(c4ccccc4)c4ccccc4-5)c1)c1cc(C(C)(C)C)ccc1B3c1cc(-c3ccccc3)ccc1N2c1ccc(-c2ccccc2)cc1. The Kier molecular flexibility index (Phi) is 8.85. The van der Waals surface area contributed by atoms with Gasteiger partial charge in [0.2, 0.25) is 0 Å². The van der Waals surface area contributed by atoms with Crippen LogP contribution in [0, 0.1) is 6.85 Å². The lowest BCUT2D eigenvalue weighted by atomic mass is 9.33. The van der Waals surface area contributed by atoms with Crippen LogP contribution in [0.4, 0.5) is 34.1 Å². The molecule has 0 fully saturated rings. The van der Waals surface area contributed by atoms with Gasteiger partial charge in [-0.15, -0.1) is 0 Å². The van der Waals surface area contributed by atoms with Crippen LogP contribution >= 0.6 is 0 Å². The van der Waals surface area contributed by atoms with Crippen molar-refractivity contribution in [3.63, 3.8) is 0 Å². The summed E-state index contributed by atoms with van der Waals surface area (Å²) >= 11 is 0. The Hall–Kier alpha value is -8.14. The van der Waals surface area contributed by atoms with Crippen molar-refractivity contribution in [1.82, 2.24) is 0 Å². The lowest BCUT2D eigenvalue weighted by Gasteiger charge is -2.45. The number of fused-ring (bicyclic) bond motifs is 7. The molecule has 0 saturated carbocycles. The van der Waals surface area contributed by atoms with Crippen molar-refractivity contribution in [2.24, 2.45) is 0 Å². The van der Waals surface area contributed by atoms with Crippen LogP contribution in [-0.2, 0) is 10.8 Å². The Bertz CT molecular complexity index is 3790. The third-order valence-corrected chi connectivity index (χ3v) is 15.4. The molecule has 0 bridgehead atoms. The maximum Gasteiger partial charge on any atom is 0.252 e. The maximum absolute atomic E-state index is 9.07. The van der Waals surface area contributed by atoms with Crippen molar-refractivity contribution >= 4 is 57.2 Å². The Morgan fingerprint density at radius 1 is 0.414 bits per heavy atom. The van der Waals surface area contributed by atoms with Gasteiger partial charge in [-0.05, 0) is 163 Å². The van der Waals surface area contributed by atoms with Crippen LogP contribution in [0.3, 0.4) is 0 Å². The summed E-state index contributed by atoms with van der Waals surface area (Å²) in [5.74, 6) is 0. The standard InChI is InChI=1S/C67H53BN2/c1-44-38-63-65-64(39-44)70(54-25-17-22-48(40-54)49-30-35-56-55-26-15-16-27-57(55)67(5,58(56)41-49)51-23-13-8-14-24-51)62-43-52(66(2,3)4)32-36-59(62)68(65)60-42-50(46-20-11-7-12-21-46)31-37-61(60)69(63)53-33-28-47(29-34-53)45-18-9-6-10-19-45/h6-43H,1-5H3/i1D3. The topological polar surface area (TPSA) is 6.48 Å². The molecular formula is C67H53BN2. The van der Waals surface area contributed by atoms with E-state index < -0.39 is 6.85 Å². The second-order valence-electron chi connectivity index (χ2n) is 20.5. The summed E-state index contributed by atoms with van der Waals surface area (Å²) in [5, 5.41) is 0. The van der Waals surface area contributed by atoms with Gasteiger partial charge in [-0.3, -0.25) is 0 Å². The summed E-state index contributed by atoms with van der Waals surface area (Å²) in [5.41, 5.74) is 23.3. The molecule has 3 aliphatic rings. The fourth-order valence-electron chi connectivity index (χ4n) is 11.8. The Labute approximate surface area is 417 Å². The van der Waals surface area contributed by atoms with Gasteiger partial charge >= 0.3 is 0 Å². The van der Waals surface area contributed by atoms with Gasteiger partial charge in [-0.25, -0.2) is 0 Å². The van der Waals surface area contributed by atoms with E-state index >= 15 is 0 Å². The molecule has 2 heterocycles. The summed E-state index contributed by atoms with van der Waals surface area (Å²) < 4.78 is 27.2. The molecule has 0 spiro atoms. The summed E-state index contributed by atoms with van der Waals surface area (Å²) in [6.45, 7) is 6.56. The van der Waals surface area contributed by atoms with E-state index in [0.29, 0.717) is 5.56 Å². The molecule has 70 heavy (non-hydrogen) atoms. The first kappa shape index (κ1) is 38.8. The number of nitrogens with zero attached hydrogens (tertiary/aromatic N) is 2. The fourth-order valence-corrected chi connectivity index (χ4v) is 11.8. The average molecular weight is 900 g/mol. The molecule has 0 saturated heterocycles. The summed E-state index contributed by atoms with van der Waals surface area (Å²) in [6, 6.07) is 83.0. The molecule has 3 heteroatoms. The smallest absolute Gasteiger partial charge is 0.252 e. The molecule has 0 radical (unpaired) electrons. The average Bonchev–Trinajstić information content (AvgIpc) is 3.68. The Morgan fingerprint density at radius 2 is 0.986 bits per heavy atom. The highest BCUT2D eigenvalue weighted by atomic mass is 15.2. The minimum Gasteiger partial charge on any atom is -0.311 e. The van der Waals surface area contributed by atoms with Crippen molar-refractivity contribution in [1.29, 1.82) is 0 Å². The third kappa shape index (κ3) is 6.56. The Balaban J connectivity index is 1.05. The molecule has 1 atom stereocenters. The number of benzene rings is 10. The van der Waals surface area contributed by atoms with Crippen LogP contribution in [0.15, 0.2) is 231 Å². The normalized spacial score (nSPS) is 16.0. The van der Waals surface area contributed by atoms with Crippen molar-refractivity contribution < 1.29 is 4.11 Å². The van der Waals surface area contributed by atoms with Crippen LogP contribution in [0.5, 0.6) is 0 Å². The third-order valence-electron chi connectivity index (χ3n) is 15.4. The van der Waals surface area contributed by atoms with E-state index in [9.17, 15) is 0 Å². The van der Waals surface area contributed by atoms with Gasteiger partial charge < -0.3 is 9.80 Å². The van der Waals surface area contributed by atoms with Gasteiger partial charge in [0, 0.05) is 43.7 Å². The lowest BCUT2D eigenvalue weighted by molar-refractivity contribution is 0.590. The predicted molar refractivity (Wildman–Crippen MR) is 298 cm³/mol. The molecule has 0 amide bonds. The van der Waals surface area contributed by atoms with Crippen molar-refractivity contribution in [3.8, 4) is 44.5 Å². The monoisotopic (exact) mass is 899 g/mol. The van der Waals surface area contributed by atoms with Crippen molar-refractivity contribution in [2.75, 3.05) is 9.80 Å². The molecule has 0 N–H and O–H groups in total. The zero-order chi connectivity index (χ0) is 49.8. The van der Waals surface area contributed by atoms with E-state index in [2.05, 4.69) is 250 Å². The van der Waals surface area contributed by atoms with E-state index in [1.54, 1.807) is 0 Å². The number of rotatable bonds is 6. The van der Waals surface area contributed by atoms with E-state index in [1.807, 2.05) is 18.2 Å². The molecule has 2 aliphatic heterocycles. The van der Waals surface area contributed by atoms with Crippen LogP contribution < -0.4 is 26.2 Å². The van der Waals surface area contributed by atoms with Gasteiger partial charge in [0.25, 0.3) is 6.71 Å². The predicted octanol–water partition coefficient (Wildman–Crippen LogP) is 15.7. The number of hydrogen-bond donors (Lipinski definition) is 0. The molecule has 2 nitrogen and oxygen atoms in total. The van der Waals surface area contributed by atoms with Crippen LogP contribution in [0.1, 0.15) is 59.6 Å². The second-order valence-corrected chi connectivity index (χ2v) is 20.5. The van der Waals surface area contributed by atoms with Crippen LogP contribution in [0.25, 0.3) is 44.5 Å². The van der Waals surface area contributed by atoms with E-state index in [1.165, 1.54) is 44.3 Å². The highest BCUT2D eigenvalue weighted by molar-refractivity contribution is 7.00. The summed E-state index contributed by atoms with van der Waals surface area (Å²) in [4.78, 5) is 4.66. The van der Waals surface area contributed by atoms with Crippen LogP contribution in [0.2, 0.25) is 0 Å². The van der Waals surface area contributed by atoms with E-state index in [0.717, 1.165) is 73.0 Å². The molecule has 13 rings (SSSR count). The van der Waals surface area contributed by atoms with Gasteiger partial charge in [0.1, 0.15) is 0 Å².